The molecule has 0 saturated carbocycles. The largest absolute Gasteiger partial charge is 0.340 e. The third-order valence-electron chi connectivity index (χ3n) is 2.12. The van der Waals surface area contributed by atoms with Crippen LogP contribution in [0.3, 0.4) is 0 Å². The topological polar surface area (TPSA) is 64.9 Å². The van der Waals surface area contributed by atoms with Gasteiger partial charge in [0.25, 0.3) is 0 Å². The van der Waals surface area contributed by atoms with Crippen molar-refractivity contribution in [2.75, 3.05) is 0 Å². The summed E-state index contributed by atoms with van der Waals surface area (Å²) in [6.45, 7) is 1.65. The number of hydrogen-bond acceptors (Lipinski definition) is 4. The van der Waals surface area contributed by atoms with E-state index < -0.39 is 11.9 Å². The summed E-state index contributed by atoms with van der Waals surface area (Å²) in [4.78, 5) is 3.97. The van der Waals surface area contributed by atoms with Crippen molar-refractivity contribution in [2.24, 2.45) is 5.73 Å². The summed E-state index contributed by atoms with van der Waals surface area (Å²) in [5, 5.41) is 3.67. The van der Waals surface area contributed by atoms with E-state index in [0.29, 0.717) is 15.9 Å². The molecule has 0 bridgehead atoms. The summed E-state index contributed by atoms with van der Waals surface area (Å²) >= 11 is 3.18. The quantitative estimate of drug-likeness (QED) is 0.920. The van der Waals surface area contributed by atoms with Crippen LogP contribution in [0.5, 0.6) is 0 Å². The summed E-state index contributed by atoms with van der Waals surface area (Å²) < 4.78 is 19.1. The Morgan fingerprint density at radius 2 is 2.25 bits per heavy atom. The van der Waals surface area contributed by atoms with Crippen LogP contribution >= 0.6 is 15.9 Å². The summed E-state index contributed by atoms with van der Waals surface area (Å²) in [7, 11) is 0. The standard InChI is InChI=1S/C10H9BrFN3O/c1-5-14-10(15-16-5)9(13)7-3-2-6(11)4-8(7)12/h2-4,9H,13H2,1H3. The molecule has 1 heterocycles. The van der Waals surface area contributed by atoms with Crippen LogP contribution in [0.15, 0.2) is 27.2 Å². The van der Waals surface area contributed by atoms with Crippen LogP contribution in [0.1, 0.15) is 23.3 Å². The predicted molar refractivity (Wildman–Crippen MR) is 59.2 cm³/mol. The van der Waals surface area contributed by atoms with Crippen molar-refractivity contribution < 1.29 is 8.91 Å². The molecular formula is C10H9BrFN3O. The maximum absolute atomic E-state index is 13.6. The zero-order valence-corrected chi connectivity index (χ0v) is 10.0. The summed E-state index contributed by atoms with van der Waals surface area (Å²) in [5.74, 6) is 0.283. The van der Waals surface area contributed by atoms with Gasteiger partial charge < -0.3 is 10.3 Å². The zero-order valence-electron chi connectivity index (χ0n) is 8.45. The van der Waals surface area contributed by atoms with Crippen LogP contribution in [0.25, 0.3) is 0 Å². The highest BCUT2D eigenvalue weighted by molar-refractivity contribution is 9.10. The highest BCUT2D eigenvalue weighted by Crippen LogP contribution is 2.22. The molecule has 0 radical (unpaired) electrons. The van der Waals surface area contributed by atoms with Gasteiger partial charge in [0.05, 0.1) is 6.04 Å². The Morgan fingerprint density at radius 1 is 1.50 bits per heavy atom. The molecule has 0 aliphatic heterocycles. The second-order valence-electron chi connectivity index (χ2n) is 3.32. The lowest BCUT2D eigenvalue weighted by molar-refractivity contribution is 0.385. The van der Waals surface area contributed by atoms with Gasteiger partial charge in [-0.15, -0.1) is 0 Å². The Bertz CT molecular complexity index is 515. The van der Waals surface area contributed by atoms with E-state index in [1.807, 2.05) is 0 Å². The fourth-order valence-corrected chi connectivity index (χ4v) is 1.67. The molecule has 4 nitrogen and oxygen atoms in total. The van der Waals surface area contributed by atoms with Crippen LogP contribution in [0.4, 0.5) is 4.39 Å². The fourth-order valence-electron chi connectivity index (χ4n) is 1.33. The average Bonchev–Trinajstić information content (AvgIpc) is 2.64. The van der Waals surface area contributed by atoms with Gasteiger partial charge >= 0.3 is 0 Å². The lowest BCUT2D eigenvalue weighted by Crippen LogP contribution is -2.15. The van der Waals surface area contributed by atoms with E-state index in [-0.39, 0.29) is 5.82 Å². The number of rotatable bonds is 2. The first-order valence-electron chi connectivity index (χ1n) is 4.58. The third kappa shape index (κ3) is 2.12. The lowest BCUT2D eigenvalue weighted by atomic mass is 10.1. The normalized spacial score (nSPS) is 12.8. The molecule has 0 fully saturated rings. The minimum atomic E-state index is -0.717. The number of hydrogen-bond donors (Lipinski definition) is 1. The number of nitrogens with zero attached hydrogens (tertiary/aromatic N) is 2. The summed E-state index contributed by atoms with van der Waals surface area (Å²) in [6.07, 6.45) is 0. The van der Waals surface area contributed by atoms with E-state index in [9.17, 15) is 4.39 Å². The number of halogens is 2. The van der Waals surface area contributed by atoms with Crippen LogP contribution in [0.2, 0.25) is 0 Å². The van der Waals surface area contributed by atoms with E-state index in [0.717, 1.165) is 0 Å². The highest BCUT2D eigenvalue weighted by Gasteiger charge is 2.18. The monoisotopic (exact) mass is 285 g/mol. The first-order chi connectivity index (χ1) is 7.58. The molecule has 0 aliphatic rings. The van der Waals surface area contributed by atoms with Crippen molar-refractivity contribution in [1.82, 2.24) is 10.1 Å². The molecule has 84 valence electrons. The van der Waals surface area contributed by atoms with E-state index in [4.69, 9.17) is 10.3 Å². The zero-order chi connectivity index (χ0) is 11.7. The van der Waals surface area contributed by atoms with Gasteiger partial charge in [-0.05, 0) is 12.1 Å². The molecule has 6 heteroatoms. The van der Waals surface area contributed by atoms with Crippen LogP contribution < -0.4 is 5.73 Å². The highest BCUT2D eigenvalue weighted by atomic mass is 79.9. The molecule has 1 aromatic heterocycles. The predicted octanol–water partition coefficient (Wildman–Crippen LogP) is 2.33. The third-order valence-corrected chi connectivity index (χ3v) is 2.61. The van der Waals surface area contributed by atoms with Gasteiger partial charge in [-0.25, -0.2) is 4.39 Å². The van der Waals surface area contributed by atoms with Gasteiger partial charge in [-0.2, -0.15) is 4.98 Å². The first kappa shape index (κ1) is 11.2. The fraction of sp³-hybridized carbons (Fsp3) is 0.200. The first-order valence-corrected chi connectivity index (χ1v) is 5.38. The minimum Gasteiger partial charge on any atom is -0.340 e. The van der Waals surface area contributed by atoms with E-state index in [1.165, 1.54) is 6.07 Å². The second kappa shape index (κ2) is 4.31. The van der Waals surface area contributed by atoms with E-state index in [2.05, 4.69) is 26.1 Å². The van der Waals surface area contributed by atoms with Crippen LogP contribution in [-0.4, -0.2) is 10.1 Å². The molecule has 1 aromatic carbocycles. The Balaban J connectivity index is 2.37. The Morgan fingerprint density at radius 3 is 2.81 bits per heavy atom. The van der Waals surface area contributed by atoms with E-state index >= 15 is 0 Å². The molecule has 0 saturated heterocycles. The lowest BCUT2D eigenvalue weighted by Gasteiger charge is -2.08. The number of benzene rings is 1. The van der Waals surface area contributed by atoms with Gasteiger partial charge in [0.1, 0.15) is 5.82 Å². The minimum absolute atomic E-state index is 0.277. The van der Waals surface area contributed by atoms with Crippen molar-refractivity contribution in [3.8, 4) is 0 Å². The number of aryl methyl sites for hydroxylation is 1. The van der Waals surface area contributed by atoms with Gasteiger partial charge in [0, 0.05) is 17.0 Å². The molecule has 0 spiro atoms. The number of aromatic nitrogens is 2. The Hall–Kier alpha value is -1.27. The molecule has 2 rings (SSSR count). The molecule has 0 amide bonds. The van der Waals surface area contributed by atoms with Crippen molar-refractivity contribution in [3.63, 3.8) is 0 Å². The molecule has 2 N–H and O–H groups in total. The van der Waals surface area contributed by atoms with Gasteiger partial charge in [-0.3, -0.25) is 0 Å². The molecule has 2 aromatic rings. The van der Waals surface area contributed by atoms with Gasteiger partial charge in [0.2, 0.25) is 5.89 Å². The SMILES string of the molecule is Cc1nc(C(N)c2ccc(Br)cc2F)no1. The average molecular weight is 286 g/mol. The van der Waals surface area contributed by atoms with Gasteiger partial charge in [-0.1, -0.05) is 27.2 Å². The van der Waals surface area contributed by atoms with Crippen molar-refractivity contribution in [1.29, 1.82) is 0 Å². The summed E-state index contributed by atoms with van der Waals surface area (Å²) in [6, 6.07) is 3.94. The summed E-state index contributed by atoms with van der Waals surface area (Å²) in [5.41, 5.74) is 6.18. The Labute approximate surface area is 99.8 Å². The van der Waals surface area contributed by atoms with Crippen molar-refractivity contribution >= 4 is 15.9 Å². The maximum atomic E-state index is 13.6. The number of nitrogens with two attached hydrogens (primary N) is 1. The molecular weight excluding hydrogens is 277 g/mol. The molecule has 0 aliphatic carbocycles. The van der Waals surface area contributed by atoms with Gasteiger partial charge in [0.15, 0.2) is 5.82 Å². The maximum Gasteiger partial charge on any atom is 0.223 e. The van der Waals surface area contributed by atoms with Crippen molar-refractivity contribution in [2.45, 2.75) is 13.0 Å². The Kier molecular flexibility index (Phi) is 3.02. The molecule has 16 heavy (non-hydrogen) atoms. The second-order valence-corrected chi connectivity index (χ2v) is 4.23. The van der Waals surface area contributed by atoms with E-state index in [1.54, 1.807) is 19.1 Å². The molecule has 1 atom stereocenters. The smallest absolute Gasteiger partial charge is 0.223 e. The van der Waals surface area contributed by atoms with Crippen LogP contribution in [0, 0.1) is 12.7 Å². The van der Waals surface area contributed by atoms with Crippen LogP contribution in [-0.2, 0) is 0 Å². The molecule has 1 unspecified atom stereocenters. The van der Waals surface area contributed by atoms with Crippen molar-refractivity contribution in [3.05, 3.63) is 45.8 Å².